The number of nitrogens with one attached hydrogen (secondary N) is 2. The van der Waals surface area contributed by atoms with Gasteiger partial charge in [-0.05, 0) is 53.2 Å². The molecule has 0 atom stereocenters. The molecule has 1 amide bonds. The van der Waals surface area contributed by atoms with E-state index in [-0.39, 0.29) is 16.9 Å². The molecule has 10 nitrogen and oxygen atoms in total. The molecule has 1 heterocycles. The van der Waals surface area contributed by atoms with Crippen LogP contribution in [0.4, 0.5) is 11.4 Å². The standard InChI is InChI=1S/C19H15BrN4O6/c1-11-9-21-19(27)23(11)13-4-2-12(3-5-13)18(26)30-10-17(25)22-16-7-6-14(24(28)29)8-15(16)20/h2-9H,10H2,1H3,(H,21,27)(H,22,25). The molecule has 1 aromatic heterocycles. The third-order valence-electron chi connectivity index (χ3n) is 4.09. The summed E-state index contributed by atoms with van der Waals surface area (Å²) in [4.78, 5) is 48.7. The minimum absolute atomic E-state index is 0.133. The topological polar surface area (TPSA) is 136 Å². The quantitative estimate of drug-likeness (QED) is 0.320. The lowest BCUT2D eigenvalue weighted by molar-refractivity contribution is -0.384. The highest BCUT2D eigenvalue weighted by Crippen LogP contribution is 2.27. The fourth-order valence-electron chi connectivity index (χ4n) is 2.64. The summed E-state index contributed by atoms with van der Waals surface area (Å²) in [6.07, 6.45) is 1.58. The number of ether oxygens (including phenoxy) is 1. The molecule has 0 aliphatic carbocycles. The predicted octanol–water partition coefficient (Wildman–Crippen LogP) is 2.94. The van der Waals surface area contributed by atoms with Gasteiger partial charge in [-0.3, -0.25) is 19.5 Å². The van der Waals surface area contributed by atoms with E-state index < -0.39 is 23.4 Å². The van der Waals surface area contributed by atoms with Crippen molar-refractivity contribution >= 4 is 39.2 Å². The van der Waals surface area contributed by atoms with Crippen molar-refractivity contribution in [1.29, 1.82) is 0 Å². The van der Waals surface area contributed by atoms with Crippen molar-refractivity contribution in [3.05, 3.63) is 85.0 Å². The van der Waals surface area contributed by atoms with Crippen LogP contribution in [0.2, 0.25) is 0 Å². The Labute approximate surface area is 177 Å². The number of aromatic nitrogens is 2. The van der Waals surface area contributed by atoms with Crippen LogP contribution in [0.1, 0.15) is 16.1 Å². The average molecular weight is 475 g/mol. The maximum atomic E-state index is 12.2. The second-order valence-electron chi connectivity index (χ2n) is 6.16. The van der Waals surface area contributed by atoms with Crippen molar-refractivity contribution in [2.45, 2.75) is 6.92 Å². The maximum absolute atomic E-state index is 12.2. The fraction of sp³-hybridized carbons (Fsp3) is 0.105. The number of carbonyl (C=O) groups excluding carboxylic acids is 2. The summed E-state index contributed by atoms with van der Waals surface area (Å²) in [6, 6.07) is 10.0. The van der Waals surface area contributed by atoms with Gasteiger partial charge in [0.2, 0.25) is 0 Å². The Kier molecular flexibility index (Phi) is 6.11. The number of non-ortho nitro benzene ring substituents is 1. The van der Waals surface area contributed by atoms with Gasteiger partial charge in [0.15, 0.2) is 6.61 Å². The number of carbonyl (C=O) groups is 2. The number of H-pyrrole nitrogens is 1. The van der Waals surface area contributed by atoms with E-state index in [1.807, 2.05) is 0 Å². The highest BCUT2D eigenvalue weighted by Gasteiger charge is 2.14. The van der Waals surface area contributed by atoms with Crippen LogP contribution in [0, 0.1) is 17.0 Å². The molecule has 3 aromatic rings. The molecule has 0 unspecified atom stereocenters. The van der Waals surface area contributed by atoms with Crippen LogP contribution < -0.4 is 11.0 Å². The van der Waals surface area contributed by atoms with Gasteiger partial charge in [0.1, 0.15) is 0 Å². The Hall–Kier alpha value is -3.73. The smallest absolute Gasteiger partial charge is 0.338 e. The zero-order chi connectivity index (χ0) is 21.8. The van der Waals surface area contributed by atoms with Crippen molar-refractivity contribution in [3.63, 3.8) is 0 Å². The van der Waals surface area contributed by atoms with E-state index in [1.54, 1.807) is 25.3 Å². The summed E-state index contributed by atoms with van der Waals surface area (Å²) in [7, 11) is 0. The van der Waals surface area contributed by atoms with Gasteiger partial charge in [-0.2, -0.15) is 0 Å². The van der Waals surface area contributed by atoms with Crippen LogP contribution in [0.3, 0.4) is 0 Å². The summed E-state index contributed by atoms with van der Waals surface area (Å²) in [6.45, 7) is 1.22. The largest absolute Gasteiger partial charge is 0.452 e. The highest BCUT2D eigenvalue weighted by atomic mass is 79.9. The van der Waals surface area contributed by atoms with Crippen LogP contribution in [0.15, 0.2) is 57.9 Å². The molecule has 2 N–H and O–H groups in total. The molecule has 154 valence electrons. The number of hydrogen-bond donors (Lipinski definition) is 2. The number of aromatic amines is 1. The molecule has 0 bridgehead atoms. The van der Waals surface area contributed by atoms with Gasteiger partial charge in [-0.1, -0.05) is 0 Å². The van der Waals surface area contributed by atoms with Gasteiger partial charge in [0.05, 0.1) is 21.9 Å². The van der Waals surface area contributed by atoms with Crippen LogP contribution in [-0.4, -0.2) is 33.0 Å². The van der Waals surface area contributed by atoms with Crippen molar-refractivity contribution in [3.8, 4) is 5.69 Å². The van der Waals surface area contributed by atoms with E-state index in [9.17, 15) is 24.5 Å². The molecule has 0 spiro atoms. The van der Waals surface area contributed by atoms with Crippen molar-refractivity contribution in [2.75, 3.05) is 11.9 Å². The van der Waals surface area contributed by atoms with Crippen LogP contribution >= 0.6 is 15.9 Å². The normalized spacial score (nSPS) is 10.5. The molecule has 30 heavy (non-hydrogen) atoms. The van der Waals surface area contributed by atoms with Crippen LogP contribution in [0.25, 0.3) is 5.69 Å². The number of halogens is 1. The molecule has 0 radical (unpaired) electrons. The van der Waals surface area contributed by atoms with E-state index >= 15 is 0 Å². The Morgan fingerprint density at radius 1 is 1.23 bits per heavy atom. The lowest BCUT2D eigenvalue weighted by Crippen LogP contribution is -2.21. The Bertz CT molecular complexity index is 1180. The van der Waals surface area contributed by atoms with Gasteiger partial charge < -0.3 is 15.0 Å². The first kappa shape index (κ1) is 21.0. The summed E-state index contributed by atoms with van der Waals surface area (Å²) in [5.41, 5.74) is 1.38. The van der Waals surface area contributed by atoms with E-state index in [4.69, 9.17) is 4.74 Å². The summed E-state index contributed by atoms with van der Waals surface area (Å²) >= 11 is 3.14. The molecule has 0 aliphatic rings. The number of nitro groups is 1. The molecule has 0 fully saturated rings. The summed E-state index contributed by atoms with van der Waals surface area (Å²) in [5.74, 6) is -1.32. The molecule has 3 rings (SSSR count). The minimum Gasteiger partial charge on any atom is -0.452 e. The second-order valence-corrected chi connectivity index (χ2v) is 7.02. The number of benzene rings is 2. The highest BCUT2D eigenvalue weighted by molar-refractivity contribution is 9.10. The molecule has 0 saturated carbocycles. The minimum atomic E-state index is -0.711. The van der Waals surface area contributed by atoms with Gasteiger partial charge in [-0.15, -0.1) is 0 Å². The predicted molar refractivity (Wildman–Crippen MR) is 111 cm³/mol. The lowest BCUT2D eigenvalue weighted by Gasteiger charge is -2.09. The number of nitro benzene ring substituents is 1. The molecule has 2 aromatic carbocycles. The number of nitrogens with zero attached hydrogens (tertiary/aromatic N) is 2. The third kappa shape index (κ3) is 4.63. The number of anilines is 1. The second kappa shape index (κ2) is 8.74. The average Bonchev–Trinajstić information content (AvgIpc) is 3.05. The lowest BCUT2D eigenvalue weighted by atomic mass is 10.2. The van der Waals surface area contributed by atoms with E-state index in [2.05, 4.69) is 26.2 Å². The number of esters is 1. The third-order valence-corrected chi connectivity index (χ3v) is 4.75. The van der Waals surface area contributed by atoms with Gasteiger partial charge in [0, 0.05) is 28.5 Å². The Balaban J connectivity index is 1.59. The van der Waals surface area contributed by atoms with Crippen molar-refractivity contribution < 1.29 is 19.2 Å². The first-order valence-corrected chi connectivity index (χ1v) is 9.34. The van der Waals surface area contributed by atoms with Crippen LogP contribution in [-0.2, 0) is 9.53 Å². The number of aryl methyl sites for hydroxylation is 1. The Morgan fingerprint density at radius 3 is 2.50 bits per heavy atom. The van der Waals surface area contributed by atoms with Gasteiger partial charge >= 0.3 is 11.7 Å². The molecule has 11 heteroatoms. The van der Waals surface area contributed by atoms with Crippen molar-refractivity contribution in [2.24, 2.45) is 0 Å². The molecule has 0 saturated heterocycles. The van der Waals surface area contributed by atoms with Gasteiger partial charge in [0.25, 0.3) is 11.6 Å². The zero-order valence-corrected chi connectivity index (χ0v) is 17.1. The summed E-state index contributed by atoms with van der Waals surface area (Å²) in [5, 5.41) is 13.2. The van der Waals surface area contributed by atoms with E-state index in [0.717, 1.165) is 0 Å². The SMILES string of the molecule is Cc1c[nH]c(=O)n1-c1ccc(C(=O)OCC(=O)Nc2ccc([N+](=O)[O-])cc2Br)cc1. The van der Waals surface area contributed by atoms with Gasteiger partial charge in [-0.25, -0.2) is 9.59 Å². The molecular weight excluding hydrogens is 460 g/mol. The number of hydrogen-bond acceptors (Lipinski definition) is 6. The molecular formula is C19H15BrN4O6. The monoisotopic (exact) mass is 474 g/mol. The fourth-order valence-corrected chi connectivity index (χ4v) is 3.11. The number of imidazole rings is 1. The summed E-state index contributed by atoms with van der Waals surface area (Å²) < 4.78 is 6.76. The first-order chi connectivity index (χ1) is 14.3. The molecule has 0 aliphatic heterocycles. The number of amides is 1. The maximum Gasteiger partial charge on any atom is 0.338 e. The van der Waals surface area contributed by atoms with E-state index in [0.29, 0.717) is 21.5 Å². The zero-order valence-electron chi connectivity index (χ0n) is 15.5. The number of rotatable bonds is 6. The van der Waals surface area contributed by atoms with E-state index in [1.165, 1.54) is 34.9 Å². The first-order valence-electron chi connectivity index (χ1n) is 8.54. The van der Waals surface area contributed by atoms with Crippen molar-refractivity contribution in [1.82, 2.24) is 9.55 Å². The Morgan fingerprint density at radius 2 is 1.93 bits per heavy atom. The van der Waals surface area contributed by atoms with Crippen LogP contribution in [0.5, 0.6) is 0 Å².